The van der Waals surface area contributed by atoms with Crippen LogP contribution in [-0.2, 0) is 24.5 Å². The number of aromatic amines is 1. The van der Waals surface area contributed by atoms with Crippen LogP contribution in [0.2, 0.25) is 0 Å². The normalized spacial score (nSPS) is 19.8. The largest absolute Gasteiger partial charge is 0.497 e. The number of methoxy groups -OCH3 is 2. The molecule has 0 saturated carbocycles. The van der Waals surface area contributed by atoms with Crippen molar-refractivity contribution in [3.63, 3.8) is 0 Å². The van der Waals surface area contributed by atoms with Gasteiger partial charge in [0.2, 0.25) is 0 Å². The summed E-state index contributed by atoms with van der Waals surface area (Å²) in [4.78, 5) is 26.6. The quantitative estimate of drug-likeness (QED) is 0.121. The van der Waals surface area contributed by atoms with E-state index in [4.69, 9.17) is 28.4 Å². The summed E-state index contributed by atoms with van der Waals surface area (Å²) >= 11 is 0. The molecule has 1 fully saturated rings. The molecule has 11 nitrogen and oxygen atoms in total. The fourth-order valence-corrected chi connectivity index (χ4v) is 5.43. The van der Waals surface area contributed by atoms with E-state index in [1.54, 1.807) is 14.2 Å². The minimum absolute atomic E-state index is 0.222. The predicted molar refractivity (Wildman–Crippen MR) is 161 cm³/mol. The van der Waals surface area contributed by atoms with Gasteiger partial charge in [-0.15, -0.1) is 0 Å². The van der Waals surface area contributed by atoms with E-state index in [1.165, 1.54) is 6.20 Å². The Kier molecular flexibility index (Phi) is 10.6. The van der Waals surface area contributed by atoms with Gasteiger partial charge in [-0.25, -0.2) is 13.6 Å². The lowest BCUT2D eigenvalue weighted by molar-refractivity contribution is -0.151. The topological polar surface area (TPSA) is 130 Å². The van der Waals surface area contributed by atoms with Gasteiger partial charge in [0.15, 0.2) is 6.23 Å². The number of aromatic nitrogens is 2. The molecule has 0 aliphatic carbocycles. The Bertz CT molecular complexity index is 1620. The number of nitrogens with zero attached hydrogens (tertiary/aromatic N) is 1. The lowest BCUT2D eigenvalue weighted by Gasteiger charge is -2.37. The van der Waals surface area contributed by atoms with Crippen LogP contribution in [0.3, 0.4) is 0 Å². The van der Waals surface area contributed by atoms with Gasteiger partial charge in [-0.1, -0.05) is 54.6 Å². The number of rotatable bonds is 14. The van der Waals surface area contributed by atoms with Crippen molar-refractivity contribution in [3.8, 4) is 11.5 Å². The molecule has 244 valence electrons. The maximum atomic E-state index is 12.7. The molecular formula is C33H34F2N2O9. The first-order valence-electron chi connectivity index (χ1n) is 14.4. The van der Waals surface area contributed by atoms with Crippen LogP contribution in [0.1, 0.15) is 22.9 Å². The van der Waals surface area contributed by atoms with Crippen LogP contribution in [0.15, 0.2) is 101 Å². The third-order valence-corrected chi connectivity index (χ3v) is 7.66. The summed E-state index contributed by atoms with van der Waals surface area (Å²) in [5, 5.41) is 11.4. The molecule has 2 N–H and O–H groups in total. The van der Waals surface area contributed by atoms with Gasteiger partial charge in [-0.3, -0.25) is 14.3 Å². The Morgan fingerprint density at radius 3 is 2.02 bits per heavy atom. The smallest absolute Gasteiger partial charge is 0.330 e. The summed E-state index contributed by atoms with van der Waals surface area (Å²) in [6.07, 6.45) is -6.52. The number of alkyl halides is 2. The molecule has 0 amide bonds. The van der Waals surface area contributed by atoms with Gasteiger partial charge in [0.05, 0.1) is 20.8 Å². The Morgan fingerprint density at radius 1 is 0.891 bits per heavy atom. The van der Waals surface area contributed by atoms with Crippen LogP contribution in [0.4, 0.5) is 8.78 Å². The van der Waals surface area contributed by atoms with E-state index in [9.17, 15) is 23.5 Å². The van der Waals surface area contributed by atoms with E-state index in [2.05, 4.69) is 4.98 Å². The molecule has 0 unspecified atom stereocenters. The fourth-order valence-electron chi connectivity index (χ4n) is 5.43. The standard InChI is InChI=1S/C33H34F2N2O9/c1-41-24-12-8-22(9-13-24)33(21-6-4-3-5-7-21,23-10-14-25(42-2)15-11-23)45-18-26-29(39)30(44-20-43-19-27(34)35)31(46-26)37-17-16-28(38)36-32(37)40/h3-17,26-27,29-31,39H,18-20H2,1-2H3,(H,36,38,40)/t26-,29-,30-,31-/m1/s1. The monoisotopic (exact) mass is 640 g/mol. The number of ether oxygens (including phenoxy) is 6. The molecule has 1 saturated heterocycles. The van der Waals surface area contributed by atoms with Crippen LogP contribution in [-0.4, -0.2) is 73.6 Å². The van der Waals surface area contributed by atoms with Gasteiger partial charge in [0.1, 0.15) is 48.8 Å². The molecule has 1 aliphatic rings. The van der Waals surface area contributed by atoms with E-state index >= 15 is 0 Å². The SMILES string of the molecule is COc1ccc(C(OC[C@H]2O[C@@H](n3ccc(=O)[nH]c3=O)[C@H](OCOCC(F)F)[C@@H]2O)(c2ccccc2)c2ccc(OC)cc2)cc1. The summed E-state index contributed by atoms with van der Waals surface area (Å²) in [5.74, 6) is 1.27. The molecule has 5 rings (SSSR count). The summed E-state index contributed by atoms with van der Waals surface area (Å²) in [7, 11) is 3.14. The second-order valence-corrected chi connectivity index (χ2v) is 10.4. The Morgan fingerprint density at radius 2 is 1.48 bits per heavy atom. The van der Waals surface area contributed by atoms with Crippen molar-refractivity contribution in [2.75, 3.05) is 34.2 Å². The molecular weight excluding hydrogens is 606 g/mol. The Hall–Kier alpha value is -4.40. The zero-order valence-electron chi connectivity index (χ0n) is 25.1. The number of H-pyrrole nitrogens is 1. The molecule has 3 aromatic carbocycles. The predicted octanol–water partition coefficient (Wildman–Crippen LogP) is 3.45. The van der Waals surface area contributed by atoms with E-state index in [-0.39, 0.29) is 6.61 Å². The zero-order valence-corrected chi connectivity index (χ0v) is 25.1. The summed E-state index contributed by atoms with van der Waals surface area (Å²) in [5.41, 5.74) is -0.462. The lowest BCUT2D eigenvalue weighted by atomic mass is 9.80. The Labute approximate surface area is 262 Å². The van der Waals surface area contributed by atoms with Crippen molar-refractivity contribution >= 4 is 0 Å². The molecule has 4 atom stereocenters. The van der Waals surface area contributed by atoms with Crippen LogP contribution in [0, 0.1) is 0 Å². The van der Waals surface area contributed by atoms with Gasteiger partial charge in [-0.05, 0) is 41.0 Å². The number of hydrogen-bond acceptors (Lipinski definition) is 9. The zero-order chi connectivity index (χ0) is 32.7. The van der Waals surface area contributed by atoms with Gasteiger partial charge in [0, 0.05) is 12.3 Å². The van der Waals surface area contributed by atoms with Crippen molar-refractivity contribution in [1.29, 1.82) is 0 Å². The van der Waals surface area contributed by atoms with E-state index in [1.807, 2.05) is 78.9 Å². The molecule has 1 aromatic heterocycles. The van der Waals surface area contributed by atoms with Crippen molar-refractivity contribution in [3.05, 3.63) is 129 Å². The number of halogens is 2. The van der Waals surface area contributed by atoms with Crippen LogP contribution < -0.4 is 20.7 Å². The van der Waals surface area contributed by atoms with Gasteiger partial charge < -0.3 is 33.5 Å². The number of aliphatic hydroxyl groups is 1. The molecule has 4 aromatic rings. The van der Waals surface area contributed by atoms with Crippen LogP contribution >= 0.6 is 0 Å². The average Bonchev–Trinajstić information content (AvgIpc) is 3.38. The highest BCUT2D eigenvalue weighted by atomic mass is 19.3. The van der Waals surface area contributed by atoms with Gasteiger partial charge in [0.25, 0.3) is 12.0 Å². The minimum atomic E-state index is -2.73. The summed E-state index contributed by atoms with van der Waals surface area (Å²) in [6.45, 7) is -1.72. The highest BCUT2D eigenvalue weighted by molar-refractivity contribution is 5.49. The number of benzene rings is 3. The Balaban J connectivity index is 1.53. The average molecular weight is 641 g/mol. The minimum Gasteiger partial charge on any atom is -0.497 e. The number of nitrogens with one attached hydrogen (secondary N) is 1. The highest BCUT2D eigenvalue weighted by Crippen LogP contribution is 2.43. The summed E-state index contributed by atoms with van der Waals surface area (Å²) in [6, 6.07) is 25.3. The first-order chi connectivity index (χ1) is 22.3. The molecule has 1 aliphatic heterocycles. The maximum absolute atomic E-state index is 12.7. The molecule has 13 heteroatoms. The first kappa shape index (κ1) is 33.0. The van der Waals surface area contributed by atoms with Crippen molar-refractivity contribution < 1.29 is 42.3 Å². The number of aliphatic hydroxyl groups excluding tert-OH is 1. The molecule has 0 bridgehead atoms. The molecule has 0 spiro atoms. The second-order valence-electron chi connectivity index (χ2n) is 10.4. The lowest BCUT2D eigenvalue weighted by Crippen LogP contribution is -2.41. The van der Waals surface area contributed by atoms with Crippen molar-refractivity contribution in [1.82, 2.24) is 9.55 Å². The fraction of sp³-hybridized carbons (Fsp3) is 0.333. The third-order valence-electron chi connectivity index (χ3n) is 7.66. The van der Waals surface area contributed by atoms with E-state index < -0.39 is 61.2 Å². The number of hydrogen-bond donors (Lipinski definition) is 2. The second kappa shape index (κ2) is 14.8. The third kappa shape index (κ3) is 7.03. The van der Waals surface area contributed by atoms with Crippen LogP contribution in [0.25, 0.3) is 0 Å². The molecule has 46 heavy (non-hydrogen) atoms. The van der Waals surface area contributed by atoms with Gasteiger partial charge in [-0.2, -0.15) is 0 Å². The summed E-state index contributed by atoms with van der Waals surface area (Å²) < 4.78 is 60.6. The van der Waals surface area contributed by atoms with Crippen molar-refractivity contribution in [2.45, 2.75) is 36.6 Å². The van der Waals surface area contributed by atoms with Crippen LogP contribution in [0.5, 0.6) is 11.5 Å². The molecule has 2 heterocycles. The molecule has 0 radical (unpaired) electrons. The maximum Gasteiger partial charge on any atom is 0.330 e. The highest BCUT2D eigenvalue weighted by Gasteiger charge is 2.48. The van der Waals surface area contributed by atoms with E-state index in [0.29, 0.717) is 11.5 Å². The van der Waals surface area contributed by atoms with Gasteiger partial charge >= 0.3 is 5.69 Å². The van der Waals surface area contributed by atoms with E-state index in [0.717, 1.165) is 27.3 Å². The van der Waals surface area contributed by atoms with Crippen molar-refractivity contribution in [2.24, 2.45) is 0 Å². The first-order valence-corrected chi connectivity index (χ1v) is 14.4.